The van der Waals surface area contributed by atoms with Gasteiger partial charge in [0.2, 0.25) is 0 Å². The van der Waals surface area contributed by atoms with E-state index in [0.29, 0.717) is 12.1 Å². The second-order valence-electron chi connectivity index (χ2n) is 5.29. The fourth-order valence-electron chi connectivity index (χ4n) is 2.58. The molecule has 2 nitrogen and oxygen atoms in total. The van der Waals surface area contributed by atoms with Gasteiger partial charge in [-0.25, -0.2) is 4.98 Å². The lowest BCUT2D eigenvalue weighted by Gasteiger charge is -2.14. The first-order valence-corrected chi connectivity index (χ1v) is 9.22. The Morgan fingerprint density at radius 3 is 2.84 bits per heavy atom. The molecule has 5 heteroatoms. The maximum Gasteiger partial charge on any atom is 0.116 e. The molecule has 0 saturated heterocycles. The molecule has 0 aromatic carbocycles. The minimum absolute atomic E-state index is 0.305. The Labute approximate surface area is 129 Å². The number of rotatable bonds is 4. The molecule has 2 aromatic rings. The second-order valence-corrected chi connectivity index (χ2v) is 8.90. The van der Waals surface area contributed by atoms with E-state index in [-0.39, 0.29) is 0 Å². The molecule has 4 rings (SSSR count). The van der Waals surface area contributed by atoms with Crippen LogP contribution in [0.1, 0.15) is 45.8 Å². The second kappa shape index (κ2) is 4.95. The summed E-state index contributed by atoms with van der Waals surface area (Å²) in [4.78, 5) is 7.81. The van der Waals surface area contributed by atoms with Crippen molar-refractivity contribution in [1.29, 1.82) is 0 Å². The Hall–Kier alpha value is -0.230. The average molecular weight is 355 g/mol. The standard InChI is InChI=1S/C14H15BrN2S2/c15-12-7-6-11(18-12)13(16-8-4-5-8)14-17-9-2-1-3-10(9)19-14/h6-8,13,16H,1-5H2. The van der Waals surface area contributed by atoms with Crippen molar-refractivity contribution in [1.82, 2.24) is 10.3 Å². The van der Waals surface area contributed by atoms with E-state index in [2.05, 4.69) is 33.4 Å². The van der Waals surface area contributed by atoms with Crippen LogP contribution in [0.5, 0.6) is 0 Å². The summed E-state index contributed by atoms with van der Waals surface area (Å²) in [5.74, 6) is 0. The highest BCUT2D eigenvalue weighted by Gasteiger charge is 2.30. The molecule has 2 aromatic heterocycles. The van der Waals surface area contributed by atoms with Crippen molar-refractivity contribution in [3.8, 4) is 0 Å². The van der Waals surface area contributed by atoms with Crippen molar-refractivity contribution < 1.29 is 0 Å². The van der Waals surface area contributed by atoms with Crippen LogP contribution < -0.4 is 5.32 Å². The van der Waals surface area contributed by atoms with E-state index in [9.17, 15) is 0 Å². The molecule has 2 aliphatic carbocycles. The van der Waals surface area contributed by atoms with Crippen LogP contribution in [0.4, 0.5) is 0 Å². The maximum absolute atomic E-state index is 4.90. The summed E-state index contributed by atoms with van der Waals surface area (Å²) in [7, 11) is 0. The van der Waals surface area contributed by atoms with Crippen LogP contribution in [0.2, 0.25) is 0 Å². The number of nitrogens with one attached hydrogen (secondary N) is 1. The molecular weight excluding hydrogens is 340 g/mol. The lowest BCUT2D eigenvalue weighted by Crippen LogP contribution is -2.23. The van der Waals surface area contributed by atoms with Gasteiger partial charge in [0.1, 0.15) is 5.01 Å². The molecule has 19 heavy (non-hydrogen) atoms. The van der Waals surface area contributed by atoms with E-state index in [1.807, 2.05) is 22.7 Å². The zero-order valence-corrected chi connectivity index (χ0v) is 13.7. The van der Waals surface area contributed by atoms with Gasteiger partial charge in [-0.15, -0.1) is 22.7 Å². The van der Waals surface area contributed by atoms with Crippen LogP contribution in [0, 0.1) is 0 Å². The highest BCUT2D eigenvalue weighted by molar-refractivity contribution is 9.11. The van der Waals surface area contributed by atoms with Gasteiger partial charge in [0.25, 0.3) is 0 Å². The van der Waals surface area contributed by atoms with Gasteiger partial charge in [0, 0.05) is 15.8 Å². The zero-order chi connectivity index (χ0) is 12.8. The van der Waals surface area contributed by atoms with Crippen molar-refractivity contribution >= 4 is 38.6 Å². The highest BCUT2D eigenvalue weighted by atomic mass is 79.9. The molecular formula is C14H15BrN2S2. The summed E-state index contributed by atoms with van der Waals surface area (Å²) < 4.78 is 1.20. The third kappa shape index (κ3) is 2.53. The molecule has 1 atom stereocenters. The third-order valence-corrected chi connectivity index (χ3v) is 6.63. The summed E-state index contributed by atoms with van der Waals surface area (Å²) in [5, 5.41) is 5.03. The minimum atomic E-state index is 0.305. The largest absolute Gasteiger partial charge is 0.301 e. The van der Waals surface area contributed by atoms with E-state index >= 15 is 0 Å². The molecule has 1 unspecified atom stereocenters. The molecule has 0 spiro atoms. The summed E-state index contributed by atoms with van der Waals surface area (Å²) in [5.41, 5.74) is 1.36. The number of aromatic nitrogens is 1. The zero-order valence-electron chi connectivity index (χ0n) is 10.5. The molecule has 2 heterocycles. The number of aryl methyl sites for hydroxylation is 2. The molecule has 0 amide bonds. The predicted octanol–water partition coefficient (Wildman–Crippen LogP) is 4.30. The van der Waals surface area contributed by atoms with Gasteiger partial charge in [-0.05, 0) is 60.2 Å². The molecule has 0 radical (unpaired) electrons. The van der Waals surface area contributed by atoms with Gasteiger partial charge in [-0.3, -0.25) is 0 Å². The Morgan fingerprint density at radius 2 is 2.16 bits per heavy atom. The van der Waals surface area contributed by atoms with Crippen molar-refractivity contribution in [2.24, 2.45) is 0 Å². The van der Waals surface area contributed by atoms with Gasteiger partial charge in [-0.1, -0.05) is 0 Å². The first kappa shape index (κ1) is 12.5. The molecule has 1 saturated carbocycles. The number of hydrogen-bond donors (Lipinski definition) is 1. The van der Waals surface area contributed by atoms with Gasteiger partial charge in [-0.2, -0.15) is 0 Å². The predicted molar refractivity (Wildman–Crippen MR) is 84.2 cm³/mol. The van der Waals surface area contributed by atoms with Gasteiger partial charge in [0.15, 0.2) is 0 Å². The van der Waals surface area contributed by atoms with Crippen LogP contribution in [0.3, 0.4) is 0 Å². The van der Waals surface area contributed by atoms with E-state index in [1.165, 1.54) is 56.3 Å². The highest BCUT2D eigenvalue weighted by Crippen LogP contribution is 2.38. The van der Waals surface area contributed by atoms with Crippen LogP contribution in [0.25, 0.3) is 0 Å². The minimum Gasteiger partial charge on any atom is -0.301 e. The molecule has 100 valence electrons. The first-order chi connectivity index (χ1) is 9.29. The number of thiazole rings is 1. The monoisotopic (exact) mass is 354 g/mol. The SMILES string of the molecule is Brc1ccc(C(NC2CC2)c2nc3c(s2)CCC3)s1. The fraction of sp³-hybridized carbons (Fsp3) is 0.500. The van der Waals surface area contributed by atoms with Crippen LogP contribution in [0.15, 0.2) is 15.9 Å². The van der Waals surface area contributed by atoms with Crippen LogP contribution in [-0.4, -0.2) is 11.0 Å². The lowest BCUT2D eigenvalue weighted by molar-refractivity contribution is 0.604. The lowest BCUT2D eigenvalue weighted by atomic mass is 10.2. The number of halogens is 1. The summed E-state index contributed by atoms with van der Waals surface area (Å²) in [6.07, 6.45) is 6.33. The Morgan fingerprint density at radius 1 is 1.26 bits per heavy atom. The maximum atomic E-state index is 4.90. The van der Waals surface area contributed by atoms with Gasteiger partial charge < -0.3 is 5.32 Å². The number of thiophene rings is 1. The smallest absolute Gasteiger partial charge is 0.116 e. The first-order valence-electron chi connectivity index (χ1n) is 6.79. The van der Waals surface area contributed by atoms with Crippen molar-refractivity contribution in [3.63, 3.8) is 0 Å². The average Bonchev–Trinajstić information content (AvgIpc) is 2.78. The molecule has 0 bridgehead atoms. The Balaban J connectivity index is 1.68. The van der Waals surface area contributed by atoms with E-state index in [4.69, 9.17) is 4.98 Å². The fourth-order valence-corrected chi connectivity index (χ4v) is 5.37. The molecule has 1 fully saturated rings. The van der Waals surface area contributed by atoms with Crippen molar-refractivity contribution in [3.05, 3.63) is 36.4 Å². The molecule has 2 aliphatic rings. The Bertz CT molecular complexity index is 579. The van der Waals surface area contributed by atoms with E-state index in [1.54, 1.807) is 0 Å². The molecule has 0 aliphatic heterocycles. The third-order valence-electron chi connectivity index (χ3n) is 3.72. The Kier molecular flexibility index (Phi) is 3.26. The van der Waals surface area contributed by atoms with E-state index in [0.717, 1.165) is 0 Å². The number of hydrogen-bond acceptors (Lipinski definition) is 4. The van der Waals surface area contributed by atoms with Crippen molar-refractivity contribution in [2.75, 3.05) is 0 Å². The number of nitrogens with zero attached hydrogens (tertiary/aromatic N) is 1. The summed E-state index contributed by atoms with van der Waals surface area (Å²) in [6, 6.07) is 5.37. The topological polar surface area (TPSA) is 24.9 Å². The number of fused-ring (bicyclic) bond motifs is 1. The van der Waals surface area contributed by atoms with Crippen LogP contribution in [-0.2, 0) is 12.8 Å². The summed E-state index contributed by atoms with van der Waals surface area (Å²) in [6.45, 7) is 0. The van der Waals surface area contributed by atoms with Crippen LogP contribution >= 0.6 is 38.6 Å². The van der Waals surface area contributed by atoms with Gasteiger partial charge >= 0.3 is 0 Å². The van der Waals surface area contributed by atoms with Crippen molar-refractivity contribution in [2.45, 2.75) is 44.2 Å². The quantitative estimate of drug-likeness (QED) is 0.885. The van der Waals surface area contributed by atoms with E-state index < -0.39 is 0 Å². The molecule has 1 N–H and O–H groups in total. The normalized spacial score (nSPS) is 19.6. The van der Waals surface area contributed by atoms with Gasteiger partial charge in [0.05, 0.1) is 15.5 Å². The summed E-state index contributed by atoms with van der Waals surface area (Å²) >= 11 is 7.32.